The molecule has 4 heteroatoms. The molecule has 0 fully saturated rings. The summed E-state index contributed by atoms with van der Waals surface area (Å²) < 4.78 is 4.96. The average Bonchev–Trinajstić information content (AvgIpc) is 1.88. The van der Waals surface area contributed by atoms with Crippen LogP contribution >= 0.6 is 0 Å². The van der Waals surface area contributed by atoms with E-state index in [2.05, 4.69) is 9.97 Å². The van der Waals surface area contributed by atoms with Gasteiger partial charge in [0, 0.05) is 12.3 Å². The number of aromatic nitrogens is 2. The Morgan fingerprint density at radius 2 is 2.60 bits per heavy atom. The van der Waals surface area contributed by atoms with Crippen molar-refractivity contribution >= 4 is 0 Å². The molecule has 0 unspecified atom stereocenters. The van der Waals surface area contributed by atoms with Gasteiger partial charge < -0.3 is 9.72 Å². The Balaban J connectivity index is 2.85. The van der Waals surface area contributed by atoms with Crippen LogP contribution in [0.25, 0.3) is 0 Å². The molecular formula is C6H8N2O2. The summed E-state index contributed by atoms with van der Waals surface area (Å²) in [6, 6.07) is 1.60. The number of H-pyrrole nitrogens is 1. The molecule has 0 aliphatic rings. The maximum absolute atomic E-state index is 10.5. The van der Waals surface area contributed by atoms with Gasteiger partial charge in [-0.25, -0.2) is 4.79 Å². The van der Waals surface area contributed by atoms with Crippen LogP contribution in [0.2, 0.25) is 0 Å². The van der Waals surface area contributed by atoms with E-state index in [-0.39, 0.29) is 5.69 Å². The normalized spacial score (nSPS) is 9.30. The van der Waals surface area contributed by atoms with Crippen LogP contribution in [0.3, 0.4) is 0 Å². The highest BCUT2D eigenvalue weighted by atomic mass is 16.5. The largest absolute Gasteiger partial charge is 0.478 e. The summed E-state index contributed by atoms with van der Waals surface area (Å²) in [4.78, 5) is 16.4. The average molecular weight is 140 g/mol. The Labute approximate surface area is 57.9 Å². The van der Waals surface area contributed by atoms with Gasteiger partial charge in [0.15, 0.2) is 0 Å². The smallest absolute Gasteiger partial charge is 0.348 e. The Kier molecular flexibility index (Phi) is 2.04. The van der Waals surface area contributed by atoms with E-state index in [1.807, 2.05) is 6.92 Å². The second kappa shape index (κ2) is 3.00. The SMILES string of the molecule is CCOc1cc[nH]c(=O)n1. The number of rotatable bonds is 2. The van der Waals surface area contributed by atoms with Crippen molar-refractivity contribution in [1.82, 2.24) is 9.97 Å². The van der Waals surface area contributed by atoms with Gasteiger partial charge >= 0.3 is 5.69 Å². The summed E-state index contributed by atoms with van der Waals surface area (Å²) in [5.41, 5.74) is -0.383. The van der Waals surface area contributed by atoms with Crippen LogP contribution < -0.4 is 10.4 Å². The second-order valence-corrected chi connectivity index (χ2v) is 1.67. The van der Waals surface area contributed by atoms with Crippen molar-refractivity contribution in [2.45, 2.75) is 6.92 Å². The Morgan fingerprint density at radius 3 is 3.20 bits per heavy atom. The number of nitrogens with one attached hydrogen (secondary N) is 1. The highest BCUT2D eigenvalue weighted by molar-refractivity contribution is 5.03. The molecule has 4 nitrogen and oxygen atoms in total. The number of hydrogen-bond donors (Lipinski definition) is 1. The first-order valence-corrected chi connectivity index (χ1v) is 3.01. The molecule has 0 aliphatic carbocycles. The topological polar surface area (TPSA) is 55.0 Å². The van der Waals surface area contributed by atoms with E-state index in [0.717, 1.165) is 0 Å². The molecule has 1 aromatic heterocycles. The summed E-state index contributed by atoms with van der Waals surface area (Å²) in [5.74, 6) is 0.367. The van der Waals surface area contributed by atoms with Gasteiger partial charge in [-0.05, 0) is 6.92 Å². The Bertz CT molecular complexity index is 256. The summed E-state index contributed by atoms with van der Waals surface area (Å²) in [7, 11) is 0. The molecule has 0 radical (unpaired) electrons. The predicted octanol–water partition coefficient (Wildman–Crippen LogP) is 0.169. The van der Waals surface area contributed by atoms with Crippen LogP contribution in [-0.4, -0.2) is 16.6 Å². The molecule has 0 saturated heterocycles. The highest BCUT2D eigenvalue weighted by Gasteiger charge is 1.90. The van der Waals surface area contributed by atoms with E-state index < -0.39 is 0 Å². The van der Waals surface area contributed by atoms with E-state index in [1.54, 1.807) is 6.07 Å². The van der Waals surface area contributed by atoms with E-state index in [9.17, 15) is 4.79 Å². The van der Waals surface area contributed by atoms with Crippen LogP contribution in [-0.2, 0) is 0 Å². The van der Waals surface area contributed by atoms with Gasteiger partial charge in [-0.15, -0.1) is 0 Å². The van der Waals surface area contributed by atoms with Gasteiger partial charge in [0.05, 0.1) is 6.61 Å². The first-order chi connectivity index (χ1) is 4.83. The predicted molar refractivity (Wildman–Crippen MR) is 36.0 cm³/mol. The lowest BCUT2D eigenvalue weighted by Crippen LogP contribution is -2.10. The van der Waals surface area contributed by atoms with Crippen molar-refractivity contribution in [2.75, 3.05) is 6.61 Å². The van der Waals surface area contributed by atoms with Gasteiger partial charge in [0.25, 0.3) is 0 Å². The number of aromatic amines is 1. The minimum absolute atomic E-state index is 0.367. The van der Waals surface area contributed by atoms with Gasteiger partial charge in [-0.2, -0.15) is 4.98 Å². The maximum atomic E-state index is 10.5. The van der Waals surface area contributed by atoms with Crippen molar-refractivity contribution in [3.63, 3.8) is 0 Å². The number of ether oxygens (including phenoxy) is 1. The van der Waals surface area contributed by atoms with Gasteiger partial charge in [0.1, 0.15) is 0 Å². The molecule has 0 aliphatic heterocycles. The molecule has 0 saturated carbocycles. The van der Waals surface area contributed by atoms with Crippen LogP contribution in [0.4, 0.5) is 0 Å². The van der Waals surface area contributed by atoms with E-state index >= 15 is 0 Å². The first kappa shape index (κ1) is 6.80. The van der Waals surface area contributed by atoms with Crippen molar-refractivity contribution in [1.29, 1.82) is 0 Å². The summed E-state index contributed by atoms with van der Waals surface area (Å²) in [6.45, 7) is 2.36. The molecule has 1 rings (SSSR count). The molecule has 10 heavy (non-hydrogen) atoms. The first-order valence-electron chi connectivity index (χ1n) is 3.01. The number of hydrogen-bond acceptors (Lipinski definition) is 3. The van der Waals surface area contributed by atoms with Crippen molar-refractivity contribution in [3.8, 4) is 5.88 Å². The van der Waals surface area contributed by atoms with Crippen molar-refractivity contribution in [2.24, 2.45) is 0 Å². The van der Waals surface area contributed by atoms with Crippen LogP contribution in [0.1, 0.15) is 6.92 Å². The molecule has 0 spiro atoms. The fourth-order valence-corrected chi connectivity index (χ4v) is 0.582. The summed E-state index contributed by atoms with van der Waals surface area (Å²) >= 11 is 0. The van der Waals surface area contributed by atoms with Crippen LogP contribution in [0.5, 0.6) is 5.88 Å². The van der Waals surface area contributed by atoms with Gasteiger partial charge in [-0.3, -0.25) is 0 Å². The zero-order valence-electron chi connectivity index (χ0n) is 5.63. The molecular weight excluding hydrogens is 132 g/mol. The molecule has 1 aromatic rings. The fourth-order valence-electron chi connectivity index (χ4n) is 0.582. The van der Waals surface area contributed by atoms with Crippen molar-refractivity contribution < 1.29 is 4.74 Å². The zero-order chi connectivity index (χ0) is 7.40. The molecule has 0 bridgehead atoms. The Morgan fingerprint density at radius 1 is 1.80 bits per heavy atom. The van der Waals surface area contributed by atoms with Crippen LogP contribution in [0, 0.1) is 0 Å². The standard InChI is InChI=1S/C6H8N2O2/c1-2-10-5-3-4-7-6(9)8-5/h3-4H,2H2,1H3,(H,7,8,9). The monoisotopic (exact) mass is 140 g/mol. The van der Waals surface area contributed by atoms with Gasteiger partial charge in [-0.1, -0.05) is 0 Å². The molecule has 0 amide bonds. The lowest BCUT2D eigenvalue weighted by atomic mass is 10.6. The molecule has 0 atom stereocenters. The lowest BCUT2D eigenvalue weighted by Gasteiger charge is -1.97. The third-order valence-corrected chi connectivity index (χ3v) is 0.937. The highest BCUT2D eigenvalue weighted by Crippen LogP contribution is 1.97. The van der Waals surface area contributed by atoms with E-state index in [0.29, 0.717) is 12.5 Å². The van der Waals surface area contributed by atoms with Gasteiger partial charge in [0.2, 0.25) is 5.88 Å². The maximum Gasteiger partial charge on any atom is 0.348 e. The minimum atomic E-state index is -0.383. The molecule has 1 heterocycles. The van der Waals surface area contributed by atoms with E-state index in [4.69, 9.17) is 4.74 Å². The summed E-state index contributed by atoms with van der Waals surface area (Å²) in [5, 5.41) is 0. The van der Waals surface area contributed by atoms with Crippen molar-refractivity contribution in [3.05, 3.63) is 22.7 Å². The quantitative estimate of drug-likeness (QED) is 0.637. The molecule has 0 aromatic carbocycles. The molecule has 54 valence electrons. The Hall–Kier alpha value is -1.32. The number of nitrogens with zero attached hydrogens (tertiary/aromatic N) is 1. The molecule has 1 N–H and O–H groups in total. The fraction of sp³-hybridized carbons (Fsp3) is 0.333. The minimum Gasteiger partial charge on any atom is -0.478 e. The lowest BCUT2D eigenvalue weighted by molar-refractivity contribution is 0.325. The third-order valence-electron chi connectivity index (χ3n) is 0.937. The summed E-state index contributed by atoms with van der Waals surface area (Å²) in [6.07, 6.45) is 1.50. The zero-order valence-corrected chi connectivity index (χ0v) is 5.63. The van der Waals surface area contributed by atoms with E-state index in [1.165, 1.54) is 6.20 Å². The second-order valence-electron chi connectivity index (χ2n) is 1.67. The van der Waals surface area contributed by atoms with Crippen LogP contribution in [0.15, 0.2) is 17.1 Å². The third kappa shape index (κ3) is 1.58.